The first kappa shape index (κ1) is 13.1. The van der Waals surface area contributed by atoms with Crippen LogP contribution in [0.1, 0.15) is 25.8 Å². The van der Waals surface area contributed by atoms with Gasteiger partial charge < -0.3 is 0 Å². The normalized spacial score (nSPS) is 10.3. The second kappa shape index (κ2) is 5.78. The van der Waals surface area contributed by atoms with Crippen molar-refractivity contribution in [2.75, 3.05) is 0 Å². The Morgan fingerprint density at radius 2 is 1.50 bits per heavy atom. The van der Waals surface area contributed by atoms with Crippen molar-refractivity contribution in [3.05, 3.63) is 29.8 Å². The van der Waals surface area contributed by atoms with Crippen molar-refractivity contribution in [3.8, 4) is 0 Å². The van der Waals surface area contributed by atoms with Crippen molar-refractivity contribution in [2.45, 2.75) is 32.1 Å². The Morgan fingerprint density at radius 3 is 1.79 bits per heavy atom. The molecule has 0 fully saturated rings. The molecule has 1 N–H and O–H groups in total. The number of benzene rings is 1. The van der Waals surface area contributed by atoms with Gasteiger partial charge in [0, 0.05) is 0 Å². The van der Waals surface area contributed by atoms with Crippen LogP contribution in [0.15, 0.2) is 29.2 Å². The molecule has 80 valence electrons. The Morgan fingerprint density at radius 1 is 1.14 bits per heavy atom. The van der Waals surface area contributed by atoms with E-state index in [1.165, 1.54) is 18.6 Å². The Balaban J connectivity index is 0.000000500. The second-order valence-electron chi connectivity index (χ2n) is 3.00. The summed E-state index contributed by atoms with van der Waals surface area (Å²) in [7, 11) is -4.02. The average Bonchev–Trinajstić information content (AvgIpc) is 2.04. The summed E-state index contributed by atoms with van der Waals surface area (Å²) in [5.41, 5.74) is 0.956. The maximum atomic E-state index is 10.5. The fourth-order valence-electron chi connectivity index (χ4n) is 0.710. The lowest BCUT2D eigenvalue weighted by Crippen LogP contribution is -1.96. The minimum atomic E-state index is -4.02. The fraction of sp³-hybridized carbons (Fsp3) is 0.400. The first-order valence-corrected chi connectivity index (χ1v) is 5.90. The molecule has 0 unspecified atom stereocenters. The Labute approximate surface area is 85.5 Å². The van der Waals surface area contributed by atoms with E-state index < -0.39 is 10.1 Å². The molecule has 4 heteroatoms. The second-order valence-corrected chi connectivity index (χ2v) is 4.42. The van der Waals surface area contributed by atoms with Gasteiger partial charge in [-0.15, -0.1) is 0 Å². The quantitative estimate of drug-likeness (QED) is 0.734. The van der Waals surface area contributed by atoms with Crippen LogP contribution < -0.4 is 0 Å². The Hall–Kier alpha value is -0.870. The van der Waals surface area contributed by atoms with Crippen LogP contribution in [-0.4, -0.2) is 13.0 Å². The SMILES string of the molecule is CCC.Cc1ccc(S(=O)(=O)O)cc1. The maximum Gasteiger partial charge on any atom is 0.294 e. The highest BCUT2D eigenvalue weighted by molar-refractivity contribution is 7.85. The van der Waals surface area contributed by atoms with Crippen LogP contribution in [0.2, 0.25) is 0 Å². The standard InChI is InChI=1S/C7H8O3S.C3H8/c1-6-2-4-7(5-3-6)11(8,9)10;1-3-2/h2-5H,1H3,(H,8,9,10);3H2,1-2H3. The maximum absolute atomic E-state index is 10.5. The molecule has 0 aliphatic rings. The van der Waals surface area contributed by atoms with Crippen LogP contribution in [0.4, 0.5) is 0 Å². The number of hydrogen-bond acceptors (Lipinski definition) is 2. The van der Waals surface area contributed by atoms with Gasteiger partial charge in [-0.2, -0.15) is 8.42 Å². The summed E-state index contributed by atoms with van der Waals surface area (Å²) in [6, 6.07) is 5.99. The van der Waals surface area contributed by atoms with Crippen molar-refractivity contribution in [1.82, 2.24) is 0 Å². The van der Waals surface area contributed by atoms with E-state index in [0.29, 0.717) is 0 Å². The van der Waals surface area contributed by atoms with Gasteiger partial charge in [0.05, 0.1) is 4.90 Å². The zero-order valence-corrected chi connectivity index (χ0v) is 9.50. The molecule has 3 nitrogen and oxygen atoms in total. The highest BCUT2D eigenvalue weighted by Gasteiger charge is 2.06. The third kappa shape index (κ3) is 4.99. The third-order valence-electron chi connectivity index (χ3n) is 1.32. The van der Waals surface area contributed by atoms with Crippen LogP contribution in [0, 0.1) is 6.92 Å². The van der Waals surface area contributed by atoms with Crippen LogP contribution >= 0.6 is 0 Å². The van der Waals surface area contributed by atoms with E-state index in [0.717, 1.165) is 5.56 Å². The highest BCUT2D eigenvalue weighted by Crippen LogP contribution is 2.08. The van der Waals surface area contributed by atoms with Crippen molar-refractivity contribution in [1.29, 1.82) is 0 Å². The molecular formula is C10H16O3S. The van der Waals surface area contributed by atoms with Crippen molar-refractivity contribution >= 4 is 10.1 Å². The first-order valence-electron chi connectivity index (χ1n) is 4.46. The molecule has 0 saturated carbocycles. The van der Waals surface area contributed by atoms with Crippen LogP contribution in [0.5, 0.6) is 0 Å². The van der Waals surface area contributed by atoms with E-state index in [1.54, 1.807) is 12.1 Å². The van der Waals surface area contributed by atoms with Gasteiger partial charge in [0.25, 0.3) is 10.1 Å². The van der Waals surface area contributed by atoms with Crippen LogP contribution in [-0.2, 0) is 10.1 Å². The van der Waals surface area contributed by atoms with Gasteiger partial charge in [-0.25, -0.2) is 0 Å². The molecule has 0 radical (unpaired) electrons. The zero-order chi connectivity index (χ0) is 11.2. The topological polar surface area (TPSA) is 54.4 Å². The minimum Gasteiger partial charge on any atom is -0.282 e. The molecule has 0 aliphatic carbocycles. The summed E-state index contributed by atoms with van der Waals surface area (Å²) in [5.74, 6) is 0. The van der Waals surface area contributed by atoms with Crippen LogP contribution in [0.25, 0.3) is 0 Å². The predicted molar refractivity (Wildman–Crippen MR) is 57.0 cm³/mol. The summed E-state index contributed by atoms with van der Waals surface area (Å²) in [5, 5.41) is 0. The van der Waals surface area contributed by atoms with E-state index in [4.69, 9.17) is 4.55 Å². The molecule has 14 heavy (non-hydrogen) atoms. The monoisotopic (exact) mass is 216 g/mol. The first-order chi connectivity index (χ1) is 6.41. The van der Waals surface area contributed by atoms with Crippen molar-refractivity contribution in [3.63, 3.8) is 0 Å². The fourth-order valence-corrected chi connectivity index (χ4v) is 1.19. The Bertz CT molecular complexity index is 351. The summed E-state index contributed by atoms with van der Waals surface area (Å²) < 4.78 is 29.6. The molecule has 0 bridgehead atoms. The van der Waals surface area contributed by atoms with E-state index in [9.17, 15) is 8.42 Å². The van der Waals surface area contributed by atoms with E-state index in [1.807, 2.05) is 6.92 Å². The average molecular weight is 216 g/mol. The molecule has 0 amide bonds. The molecule has 1 aromatic carbocycles. The number of rotatable bonds is 1. The smallest absolute Gasteiger partial charge is 0.282 e. The summed E-state index contributed by atoms with van der Waals surface area (Å²) in [6.07, 6.45) is 1.25. The van der Waals surface area contributed by atoms with Gasteiger partial charge in [0.1, 0.15) is 0 Å². The minimum absolute atomic E-state index is 0.0666. The number of hydrogen-bond donors (Lipinski definition) is 1. The highest BCUT2D eigenvalue weighted by atomic mass is 32.2. The molecule has 1 rings (SSSR count). The lowest BCUT2D eigenvalue weighted by molar-refractivity contribution is 0.483. The Kier molecular flexibility index (Phi) is 5.42. The number of aryl methyl sites for hydroxylation is 1. The van der Waals surface area contributed by atoms with Crippen molar-refractivity contribution < 1.29 is 13.0 Å². The van der Waals surface area contributed by atoms with Gasteiger partial charge in [-0.3, -0.25) is 4.55 Å². The van der Waals surface area contributed by atoms with Gasteiger partial charge in [-0.1, -0.05) is 38.0 Å². The molecule has 0 aliphatic heterocycles. The van der Waals surface area contributed by atoms with Gasteiger partial charge in [0.15, 0.2) is 0 Å². The summed E-state index contributed by atoms with van der Waals surface area (Å²) in [4.78, 5) is -0.0666. The third-order valence-corrected chi connectivity index (χ3v) is 2.19. The molecule has 1 aromatic rings. The lowest BCUT2D eigenvalue weighted by Gasteiger charge is -1.95. The molecular weight excluding hydrogens is 200 g/mol. The van der Waals surface area contributed by atoms with Gasteiger partial charge >= 0.3 is 0 Å². The molecule has 0 atom stereocenters. The van der Waals surface area contributed by atoms with Gasteiger partial charge in [0.2, 0.25) is 0 Å². The molecule has 0 spiro atoms. The molecule has 0 heterocycles. The molecule has 0 aromatic heterocycles. The predicted octanol–water partition coefficient (Wildman–Crippen LogP) is 2.66. The van der Waals surface area contributed by atoms with E-state index in [2.05, 4.69) is 13.8 Å². The summed E-state index contributed by atoms with van der Waals surface area (Å²) in [6.45, 7) is 6.09. The lowest BCUT2D eigenvalue weighted by atomic mass is 10.2. The van der Waals surface area contributed by atoms with E-state index in [-0.39, 0.29) is 4.90 Å². The molecule has 0 saturated heterocycles. The van der Waals surface area contributed by atoms with Crippen LogP contribution in [0.3, 0.4) is 0 Å². The van der Waals surface area contributed by atoms with E-state index >= 15 is 0 Å². The summed E-state index contributed by atoms with van der Waals surface area (Å²) >= 11 is 0. The van der Waals surface area contributed by atoms with Gasteiger partial charge in [-0.05, 0) is 19.1 Å². The zero-order valence-electron chi connectivity index (χ0n) is 8.69. The largest absolute Gasteiger partial charge is 0.294 e. The van der Waals surface area contributed by atoms with Crippen molar-refractivity contribution in [2.24, 2.45) is 0 Å².